The van der Waals surface area contributed by atoms with E-state index in [0.29, 0.717) is 0 Å². The molecule has 4 heteroatoms. The number of nitrogens with two attached hydrogens (primary N) is 1. The number of nitrogen functional groups attached to an aromatic ring is 1. The number of halogens is 1. The van der Waals surface area contributed by atoms with Crippen LogP contribution in [0.1, 0.15) is 16.7 Å². The van der Waals surface area contributed by atoms with E-state index < -0.39 is 0 Å². The highest BCUT2D eigenvalue weighted by atomic mass is 35.5. The van der Waals surface area contributed by atoms with Crippen LogP contribution in [0.15, 0.2) is 36.4 Å². The molecule has 0 radical (unpaired) electrons. The van der Waals surface area contributed by atoms with Crippen LogP contribution >= 0.6 is 11.6 Å². The second-order valence-electron chi connectivity index (χ2n) is 5.37. The Hall–Kier alpha value is -1.71. The van der Waals surface area contributed by atoms with Gasteiger partial charge in [0.25, 0.3) is 0 Å². The summed E-state index contributed by atoms with van der Waals surface area (Å²) in [6.45, 7) is 2.67. The predicted molar refractivity (Wildman–Crippen MR) is 86.7 cm³/mol. The highest BCUT2D eigenvalue weighted by molar-refractivity contribution is 6.31. The van der Waals surface area contributed by atoms with E-state index in [1.54, 1.807) is 7.11 Å². The summed E-state index contributed by atoms with van der Waals surface area (Å²) in [5.41, 5.74) is 10.6. The Balaban J connectivity index is 1.82. The summed E-state index contributed by atoms with van der Waals surface area (Å²) in [7, 11) is 1.68. The first-order chi connectivity index (χ1) is 10.2. The Morgan fingerprint density at radius 3 is 2.86 bits per heavy atom. The van der Waals surface area contributed by atoms with Gasteiger partial charge in [0.15, 0.2) is 0 Å². The number of ether oxygens (including phenoxy) is 1. The molecule has 0 aromatic heterocycles. The fourth-order valence-electron chi connectivity index (χ4n) is 2.94. The van der Waals surface area contributed by atoms with E-state index in [9.17, 15) is 0 Å². The summed E-state index contributed by atoms with van der Waals surface area (Å²) in [6.07, 6.45) is 0.981. The summed E-state index contributed by atoms with van der Waals surface area (Å²) in [5.74, 6) is 0.848. The zero-order chi connectivity index (χ0) is 14.8. The molecule has 110 valence electrons. The molecule has 1 aliphatic rings. The number of fused-ring (bicyclic) bond motifs is 1. The molecule has 0 aliphatic carbocycles. The van der Waals surface area contributed by atoms with Gasteiger partial charge in [-0.3, -0.25) is 4.90 Å². The van der Waals surface area contributed by atoms with Gasteiger partial charge in [-0.15, -0.1) is 0 Å². The number of rotatable bonds is 3. The summed E-state index contributed by atoms with van der Waals surface area (Å²) < 4.78 is 5.43. The lowest BCUT2D eigenvalue weighted by Crippen LogP contribution is -2.30. The van der Waals surface area contributed by atoms with Gasteiger partial charge in [-0.05, 0) is 35.7 Å². The van der Waals surface area contributed by atoms with E-state index in [1.807, 2.05) is 30.3 Å². The summed E-state index contributed by atoms with van der Waals surface area (Å²) in [5, 5.41) is 0.757. The molecule has 1 heterocycles. The van der Waals surface area contributed by atoms with Gasteiger partial charge >= 0.3 is 0 Å². The van der Waals surface area contributed by atoms with Gasteiger partial charge in [0.05, 0.1) is 7.11 Å². The molecule has 1 aliphatic heterocycles. The first kappa shape index (κ1) is 14.2. The molecule has 21 heavy (non-hydrogen) atoms. The third-order valence-corrected chi connectivity index (χ3v) is 4.41. The van der Waals surface area contributed by atoms with Crippen molar-refractivity contribution in [3.63, 3.8) is 0 Å². The molecule has 0 atom stereocenters. The third-order valence-electron chi connectivity index (χ3n) is 4.06. The number of nitrogens with zero attached hydrogens (tertiary/aromatic N) is 1. The number of benzene rings is 2. The van der Waals surface area contributed by atoms with Gasteiger partial charge in [0, 0.05) is 35.9 Å². The Labute approximate surface area is 130 Å². The van der Waals surface area contributed by atoms with Crippen LogP contribution in [-0.2, 0) is 19.5 Å². The minimum atomic E-state index is 0.757. The molecule has 3 rings (SSSR count). The largest absolute Gasteiger partial charge is 0.496 e. The lowest BCUT2D eigenvalue weighted by molar-refractivity contribution is 0.242. The van der Waals surface area contributed by atoms with Crippen molar-refractivity contribution in [3.8, 4) is 5.75 Å². The van der Waals surface area contributed by atoms with Gasteiger partial charge in [-0.2, -0.15) is 0 Å². The molecule has 3 nitrogen and oxygen atoms in total. The van der Waals surface area contributed by atoms with Crippen LogP contribution in [0.5, 0.6) is 5.75 Å². The van der Waals surface area contributed by atoms with Crippen molar-refractivity contribution in [3.05, 3.63) is 58.1 Å². The van der Waals surface area contributed by atoms with E-state index in [-0.39, 0.29) is 0 Å². The van der Waals surface area contributed by atoms with Gasteiger partial charge < -0.3 is 10.5 Å². The normalized spacial score (nSPS) is 14.8. The van der Waals surface area contributed by atoms with E-state index in [0.717, 1.165) is 48.1 Å². The summed E-state index contributed by atoms with van der Waals surface area (Å²) >= 11 is 6.33. The third kappa shape index (κ3) is 2.85. The van der Waals surface area contributed by atoms with Crippen LogP contribution in [0.3, 0.4) is 0 Å². The van der Waals surface area contributed by atoms with Crippen molar-refractivity contribution >= 4 is 17.3 Å². The molecule has 0 unspecified atom stereocenters. The molecular formula is C17H19ClN2O. The first-order valence-corrected chi connectivity index (χ1v) is 7.47. The second kappa shape index (κ2) is 5.96. The van der Waals surface area contributed by atoms with Crippen LogP contribution in [0, 0.1) is 0 Å². The van der Waals surface area contributed by atoms with E-state index in [1.165, 1.54) is 11.1 Å². The lowest BCUT2D eigenvalue weighted by Gasteiger charge is -2.30. The molecule has 2 aromatic rings. The quantitative estimate of drug-likeness (QED) is 0.882. The Bertz CT molecular complexity index is 657. The smallest absolute Gasteiger partial charge is 0.124 e. The fourth-order valence-corrected chi connectivity index (χ4v) is 3.17. The minimum Gasteiger partial charge on any atom is -0.496 e. The molecule has 2 N–H and O–H groups in total. The van der Waals surface area contributed by atoms with Crippen molar-refractivity contribution in [2.45, 2.75) is 19.5 Å². The second-order valence-corrected chi connectivity index (χ2v) is 5.77. The maximum atomic E-state index is 6.33. The van der Waals surface area contributed by atoms with E-state index in [4.69, 9.17) is 22.1 Å². The Morgan fingerprint density at radius 1 is 1.24 bits per heavy atom. The summed E-state index contributed by atoms with van der Waals surface area (Å²) in [6, 6.07) is 11.9. The average molecular weight is 303 g/mol. The number of hydrogen-bond acceptors (Lipinski definition) is 3. The first-order valence-electron chi connectivity index (χ1n) is 7.09. The maximum Gasteiger partial charge on any atom is 0.124 e. The van der Waals surface area contributed by atoms with Crippen LogP contribution in [-0.4, -0.2) is 18.6 Å². The minimum absolute atomic E-state index is 0.757. The maximum absolute atomic E-state index is 6.33. The van der Waals surface area contributed by atoms with Crippen molar-refractivity contribution < 1.29 is 4.74 Å². The monoisotopic (exact) mass is 302 g/mol. The van der Waals surface area contributed by atoms with E-state index >= 15 is 0 Å². The Kier molecular flexibility index (Phi) is 4.04. The molecule has 0 spiro atoms. The molecule has 0 amide bonds. The van der Waals surface area contributed by atoms with E-state index in [2.05, 4.69) is 11.0 Å². The highest BCUT2D eigenvalue weighted by Gasteiger charge is 2.20. The van der Waals surface area contributed by atoms with Crippen molar-refractivity contribution in [2.24, 2.45) is 0 Å². The van der Waals surface area contributed by atoms with Gasteiger partial charge in [-0.25, -0.2) is 0 Å². The van der Waals surface area contributed by atoms with Crippen LogP contribution < -0.4 is 10.5 Å². The number of methoxy groups -OCH3 is 1. The van der Waals surface area contributed by atoms with Gasteiger partial charge in [0.2, 0.25) is 0 Å². The molecular weight excluding hydrogens is 284 g/mol. The predicted octanol–water partition coefficient (Wildman–Crippen LogP) is 3.49. The molecule has 0 bridgehead atoms. The zero-order valence-corrected chi connectivity index (χ0v) is 12.9. The highest BCUT2D eigenvalue weighted by Crippen LogP contribution is 2.30. The van der Waals surface area contributed by atoms with Crippen molar-refractivity contribution in [1.29, 1.82) is 0 Å². The number of anilines is 1. The fraction of sp³-hybridized carbons (Fsp3) is 0.294. The summed E-state index contributed by atoms with van der Waals surface area (Å²) in [4.78, 5) is 2.38. The van der Waals surface area contributed by atoms with Crippen molar-refractivity contribution in [1.82, 2.24) is 4.90 Å². The standard InChI is InChI=1S/C17H19ClN2O/c1-21-17-7-3-5-15(18)14(17)11-20-9-8-13-12(10-20)4-2-6-16(13)19/h2-7H,8-11,19H2,1H3. The molecule has 2 aromatic carbocycles. The van der Waals surface area contributed by atoms with Gasteiger partial charge in [0.1, 0.15) is 5.75 Å². The van der Waals surface area contributed by atoms with Gasteiger partial charge in [-0.1, -0.05) is 29.8 Å². The Morgan fingerprint density at radius 2 is 2.05 bits per heavy atom. The van der Waals surface area contributed by atoms with Crippen LogP contribution in [0.2, 0.25) is 5.02 Å². The lowest BCUT2D eigenvalue weighted by atomic mass is 9.97. The topological polar surface area (TPSA) is 38.5 Å². The SMILES string of the molecule is COc1cccc(Cl)c1CN1CCc2c(N)cccc2C1. The molecule has 0 saturated carbocycles. The van der Waals surface area contributed by atoms with Crippen molar-refractivity contribution in [2.75, 3.05) is 19.4 Å². The zero-order valence-electron chi connectivity index (χ0n) is 12.1. The average Bonchev–Trinajstić information content (AvgIpc) is 2.49. The van der Waals surface area contributed by atoms with Crippen LogP contribution in [0.4, 0.5) is 5.69 Å². The number of hydrogen-bond donors (Lipinski definition) is 1. The van der Waals surface area contributed by atoms with Crippen LogP contribution in [0.25, 0.3) is 0 Å². The molecule has 0 fully saturated rings. The molecule has 0 saturated heterocycles.